The summed E-state index contributed by atoms with van der Waals surface area (Å²) in [7, 11) is 0. The minimum Gasteiger partial charge on any atom is -0.444 e. The summed E-state index contributed by atoms with van der Waals surface area (Å²) in [5, 5.41) is 5.77. The van der Waals surface area contributed by atoms with Crippen molar-refractivity contribution in [1.29, 1.82) is 0 Å². The van der Waals surface area contributed by atoms with E-state index in [9.17, 15) is 9.59 Å². The summed E-state index contributed by atoms with van der Waals surface area (Å²) in [5.74, 6) is 1.04. The Morgan fingerprint density at radius 2 is 2.04 bits per heavy atom. The molecule has 1 heterocycles. The largest absolute Gasteiger partial charge is 0.444 e. The van der Waals surface area contributed by atoms with Gasteiger partial charge in [-0.1, -0.05) is 18.2 Å². The molecule has 5 nitrogen and oxygen atoms in total. The van der Waals surface area contributed by atoms with E-state index in [0.717, 1.165) is 12.2 Å². The number of hydrogen-bond donors (Lipinski definition) is 2. The van der Waals surface area contributed by atoms with Crippen LogP contribution in [0.1, 0.15) is 51.6 Å². The van der Waals surface area contributed by atoms with Gasteiger partial charge in [0.15, 0.2) is 0 Å². The molecule has 0 fully saturated rings. The molecule has 1 atom stereocenters. The second-order valence-electron chi connectivity index (χ2n) is 6.83. The Kier molecular flexibility index (Phi) is 6.54. The lowest BCUT2D eigenvalue weighted by molar-refractivity contribution is -0.122. The van der Waals surface area contributed by atoms with Crippen molar-refractivity contribution in [2.24, 2.45) is 0 Å². The van der Waals surface area contributed by atoms with Crippen molar-refractivity contribution in [2.75, 3.05) is 12.3 Å². The van der Waals surface area contributed by atoms with Gasteiger partial charge in [-0.05, 0) is 45.2 Å². The number of carbonyl (C=O) groups excluding carboxylic acids is 2. The number of benzene rings is 1. The molecule has 2 amide bonds. The Balaban J connectivity index is 1.70. The maximum atomic E-state index is 12.1. The summed E-state index contributed by atoms with van der Waals surface area (Å²) in [6, 6.07) is 8.31. The molecule has 1 aliphatic heterocycles. The summed E-state index contributed by atoms with van der Waals surface area (Å²) < 4.78 is 5.15. The van der Waals surface area contributed by atoms with Crippen LogP contribution >= 0.6 is 11.8 Å². The number of hydrogen-bond acceptors (Lipinski definition) is 4. The number of carbonyl (C=O) groups is 2. The minimum atomic E-state index is -0.506. The molecule has 24 heavy (non-hydrogen) atoms. The molecule has 0 aromatic heterocycles. The predicted molar refractivity (Wildman–Crippen MR) is 96.1 cm³/mol. The zero-order valence-corrected chi connectivity index (χ0v) is 15.4. The SMILES string of the molecule is CC(C)(C)OC(=O)NCCCC(=O)NC1CCSc2ccccc21. The van der Waals surface area contributed by atoms with Crippen molar-refractivity contribution < 1.29 is 14.3 Å². The van der Waals surface area contributed by atoms with Gasteiger partial charge in [0.2, 0.25) is 5.91 Å². The van der Waals surface area contributed by atoms with Crippen LogP contribution in [0.15, 0.2) is 29.2 Å². The zero-order valence-electron chi connectivity index (χ0n) is 14.6. The Labute approximate surface area is 147 Å². The molecule has 0 saturated heterocycles. The summed E-state index contributed by atoms with van der Waals surface area (Å²) in [5.41, 5.74) is 0.697. The van der Waals surface area contributed by atoms with Gasteiger partial charge in [0, 0.05) is 23.6 Å². The highest BCUT2D eigenvalue weighted by atomic mass is 32.2. The first kappa shape index (κ1) is 18.6. The van der Waals surface area contributed by atoms with E-state index in [-0.39, 0.29) is 11.9 Å². The van der Waals surface area contributed by atoms with Gasteiger partial charge in [-0.25, -0.2) is 4.79 Å². The summed E-state index contributed by atoms with van der Waals surface area (Å²) >= 11 is 1.84. The molecular formula is C18H26N2O3S. The quantitative estimate of drug-likeness (QED) is 0.796. The van der Waals surface area contributed by atoms with E-state index in [1.54, 1.807) is 0 Å². The fourth-order valence-electron chi connectivity index (χ4n) is 2.51. The van der Waals surface area contributed by atoms with Crippen molar-refractivity contribution in [1.82, 2.24) is 10.6 Å². The molecule has 0 spiro atoms. The maximum Gasteiger partial charge on any atom is 0.407 e. The smallest absolute Gasteiger partial charge is 0.407 e. The molecule has 0 saturated carbocycles. The molecule has 0 aliphatic carbocycles. The number of amides is 2. The van der Waals surface area contributed by atoms with Crippen LogP contribution in [-0.4, -0.2) is 29.9 Å². The monoisotopic (exact) mass is 350 g/mol. The van der Waals surface area contributed by atoms with Gasteiger partial charge in [-0.15, -0.1) is 11.8 Å². The standard InChI is InChI=1S/C18H26N2O3S/c1-18(2,3)23-17(22)19-11-6-9-16(21)20-14-10-12-24-15-8-5-4-7-13(14)15/h4-5,7-8,14H,6,9-12H2,1-3H3,(H,19,22)(H,20,21). The zero-order chi connectivity index (χ0) is 17.6. The molecular weight excluding hydrogens is 324 g/mol. The number of rotatable bonds is 5. The van der Waals surface area contributed by atoms with Gasteiger partial charge in [0.05, 0.1) is 6.04 Å². The first-order valence-corrected chi connectivity index (χ1v) is 9.31. The third-order valence-electron chi connectivity index (χ3n) is 3.54. The van der Waals surface area contributed by atoms with Gasteiger partial charge in [-0.3, -0.25) is 4.79 Å². The van der Waals surface area contributed by atoms with Crippen molar-refractivity contribution >= 4 is 23.8 Å². The third-order valence-corrected chi connectivity index (χ3v) is 4.67. The summed E-state index contributed by atoms with van der Waals surface area (Å²) in [4.78, 5) is 24.9. The Bertz CT molecular complexity index is 584. The second kappa shape index (κ2) is 8.42. The van der Waals surface area contributed by atoms with Crippen molar-refractivity contribution in [2.45, 2.75) is 56.6 Å². The first-order chi connectivity index (χ1) is 11.3. The lowest BCUT2D eigenvalue weighted by Gasteiger charge is -2.26. The fourth-order valence-corrected chi connectivity index (χ4v) is 3.64. The highest BCUT2D eigenvalue weighted by Gasteiger charge is 2.21. The molecule has 0 bridgehead atoms. The van der Waals surface area contributed by atoms with Crippen LogP contribution in [0.4, 0.5) is 4.79 Å². The summed E-state index contributed by atoms with van der Waals surface area (Å²) in [6.45, 7) is 5.89. The Morgan fingerprint density at radius 3 is 2.79 bits per heavy atom. The lowest BCUT2D eigenvalue weighted by Crippen LogP contribution is -2.34. The van der Waals surface area contributed by atoms with Crippen LogP contribution in [0.5, 0.6) is 0 Å². The predicted octanol–water partition coefficient (Wildman–Crippen LogP) is 3.64. The normalized spacial score (nSPS) is 16.9. The van der Waals surface area contributed by atoms with Crippen molar-refractivity contribution in [3.05, 3.63) is 29.8 Å². The lowest BCUT2D eigenvalue weighted by atomic mass is 10.0. The Hall–Kier alpha value is -1.69. The molecule has 1 aromatic carbocycles. The van der Waals surface area contributed by atoms with Crippen LogP contribution < -0.4 is 10.6 Å². The van der Waals surface area contributed by atoms with E-state index in [0.29, 0.717) is 19.4 Å². The van der Waals surface area contributed by atoms with E-state index in [4.69, 9.17) is 4.74 Å². The van der Waals surface area contributed by atoms with Crippen LogP contribution in [0.3, 0.4) is 0 Å². The summed E-state index contributed by atoms with van der Waals surface area (Å²) in [6.07, 6.45) is 1.49. The molecule has 2 rings (SSSR count). The maximum absolute atomic E-state index is 12.1. The number of thioether (sulfide) groups is 1. The van der Waals surface area contributed by atoms with E-state index in [1.807, 2.05) is 44.7 Å². The van der Waals surface area contributed by atoms with Crippen LogP contribution in [0, 0.1) is 0 Å². The minimum absolute atomic E-state index is 0.0210. The van der Waals surface area contributed by atoms with Gasteiger partial charge in [0.1, 0.15) is 5.60 Å². The third kappa shape index (κ3) is 6.07. The molecule has 1 aliphatic rings. The number of ether oxygens (including phenoxy) is 1. The van der Waals surface area contributed by atoms with Gasteiger partial charge in [-0.2, -0.15) is 0 Å². The number of fused-ring (bicyclic) bond motifs is 1. The van der Waals surface area contributed by atoms with Gasteiger partial charge >= 0.3 is 6.09 Å². The fraction of sp³-hybridized carbons (Fsp3) is 0.556. The first-order valence-electron chi connectivity index (χ1n) is 8.33. The second-order valence-corrected chi connectivity index (χ2v) is 7.96. The van der Waals surface area contributed by atoms with Crippen LogP contribution in [0.25, 0.3) is 0 Å². The molecule has 1 aromatic rings. The number of nitrogens with one attached hydrogen (secondary N) is 2. The van der Waals surface area contributed by atoms with E-state index in [2.05, 4.69) is 22.8 Å². The molecule has 132 valence electrons. The average Bonchev–Trinajstić information content (AvgIpc) is 2.50. The molecule has 0 radical (unpaired) electrons. The molecule has 6 heteroatoms. The van der Waals surface area contributed by atoms with Crippen LogP contribution in [0.2, 0.25) is 0 Å². The van der Waals surface area contributed by atoms with E-state index < -0.39 is 11.7 Å². The number of alkyl carbamates (subject to hydrolysis) is 1. The van der Waals surface area contributed by atoms with Gasteiger partial charge in [0.25, 0.3) is 0 Å². The van der Waals surface area contributed by atoms with Crippen molar-refractivity contribution in [3.63, 3.8) is 0 Å². The van der Waals surface area contributed by atoms with Crippen molar-refractivity contribution in [3.8, 4) is 0 Å². The Morgan fingerprint density at radius 1 is 1.29 bits per heavy atom. The van der Waals surface area contributed by atoms with Gasteiger partial charge < -0.3 is 15.4 Å². The van der Waals surface area contributed by atoms with Crippen LogP contribution in [-0.2, 0) is 9.53 Å². The van der Waals surface area contributed by atoms with E-state index >= 15 is 0 Å². The highest BCUT2D eigenvalue weighted by molar-refractivity contribution is 7.99. The van der Waals surface area contributed by atoms with E-state index in [1.165, 1.54) is 10.5 Å². The average molecular weight is 350 g/mol. The highest BCUT2D eigenvalue weighted by Crippen LogP contribution is 2.35. The topological polar surface area (TPSA) is 67.4 Å². The molecule has 1 unspecified atom stereocenters. The molecule has 2 N–H and O–H groups in total.